The molecule has 1 rings (SSSR count). The van der Waals surface area contributed by atoms with Gasteiger partial charge in [0, 0.05) is 25.2 Å². The predicted molar refractivity (Wildman–Crippen MR) is 54.9 cm³/mol. The molecule has 0 saturated carbocycles. The molecule has 1 heterocycles. The zero-order valence-electron chi connectivity index (χ0n) is 9.16. The van der Waals surface area contributed by atoms with Crippen LogP contribution in [0, 0.1) is 0 Å². The Bertz CT molecular complexity index is 206. The van der Waals surface area contributed by atoms with Crippen LogP contribution in [-0.2, 0) is 4.79 Å². The highest BCUT2D eigenvalue weighted by Crippen LogP contribution is 2.17. The van der Waals surface area contributed by atoms with Crippen molar-refractivity contribution in [2.75, 3.05) is 13.2 Å². The Hall–Kier alpha value is -0.610. The second-order valence-electron chi connectivity index (χ2n) is 4.16. The Morgan fingerprint density at radius 3 is 2.79 bits per heavy atom. The van der Waals surface area contributed by atoms with E-state index in [2.05, 4.69) is 31.0 Å². The van der Waals surface area contributed by atoms with Crippen LogP contribution in [0.25, 0.3) is 0 Å². The average molecular weight is 200 g/mol. The first-order chi connectivity index (χ1) is 6.57. The van der Waals surface area contributed by atoms with Gasteiger partial charge in [0.25, 0.3) is 0 Å². The van der Waals surface area contributed by atoms with Crippen LogP contribution >= 0.6 is 0 Å². The van der Waals surface area contributed by atoms with E-state index < -0.39 is 0 Å². The van der Waals surface area contributed by atoms with Gasteiger partial charge in [0.15, 0.2) is 0 Å². The number of hydrogen-bond acceptors (Lipinski definition) is 3. The van der Waals surface area contributed by atoms with Gasteiger partial charge in [-0.1, -0.05) is 0 Å². The van der Waals surface area contributed by atoms with Crippen molar-refractivity contribution in [3.63, 3.8) is 0 Å². The number of piperazine rings is 1. The van der Waals surface area contributed by atoms with E-state index in [0.29, 0.717) is 25.0 Å². The van der Waals surface area contributed by atoms with Gasteiger partial charge in [0.1, 0.15) is 0 Å². The summed E-state index contributed by atoms with van der Waals surface area (Å²) in [4.78, 5) is 13.8. The number of nitrogens with one attached hydrogen (secondary N) is 1. The van der Waals surface area contributed by atoms with Crippen molar-refractivity contribution in [1.82, 2.24) is 10.2 Å². The Labute approximate surface area is 85.3 Å². The molecule has 82 valence electrons. The Kier molecular flexibility index (Phi) is 3.89. The largest absolute Gasteiger partial charge is 0.396 e. The van der Waals surface area contributed by atoms with Crippen molar-refractivity contribution in [1.29, 1.82) is 0 Å². The Morgan fingerprint density at radius 1 is 1.64 bits per heavy atom. The summed E-state index contributed by atoms with van der Waals surface area (Å²) in [6.07, 6.45) is 0.522. The first-order valence-electron chi connectivity index (χ1n) is 5.24. The number of carbonyl (C=O) groups excluding carboxylic acids is 1. The van der Waals surface area contributed by atoms with E-state index in [0.717, 1.165) is 0 Å². The fourth-order valence-electron chi connectivity index (χ4n) is 2.19. The number of carbonyl (C=O) groups is 1. The summed E-state index contributed by atoms with van der Waals surface area (Å²) in [5.41, 5.74) is 0. The lowest BCUT2D eigenvalue weighted by Crippen LogP contribution is -2.61. The average Bonchev–Trinajstić information content (AvgIpc) is 2.11. The molecule has 0 radical (unpaired) electrons. The minimum Gasteiger partial charge on any atom is -0.396 e. The Balaban J connectivity index is 2.75. The molecule has 0 aliphatic carbocycles. The van der Waals surface area contributed by atoms with Gasteiger partial charge in [-0.25, -0.2) is 0 Å². The third-order valence-electron chi connectivity index (χ3n) is 2.74. The minimum atomic E-state index is -0.163. The quantitative estimate of drug-likeness (QED) is 0.672. The van der Waals surface area contributed by atoms with Gasteiger partial charge in [-0.3, -0.25) is 9.69 Å². The van der Waals surface area contributed by atoms with Crippen molar-refractivity contribution in [3.05, 3.63) is 0 Å². The lowest BCUT2D eigenvalue weighted by Gasteiger charge is -2.42. The molecule has 1 fully saturated rings. The number of nitrogens with zero attached hydrogens (tertiary/aromatic N) is 1. The molecule has 0 bridgehead atoms. The molecule has 0 aromatic carbocycles. The van der Waals surface area contributed by atoms with Crippen molar-refractivity contribution in [2.24, 2.45) is 0 Å². The number of aliphatic hydroxyl groups excluding tert-OH is 1. The van der Waals surface area contributed by atoms with Gasteiger partial charge in [-0.15, -0.1) is 0 Å². The molecule has 4 nitrogen and oxygen atoms in total. The van der Waals surface area contributed by atoms with Gasteiger partial charge in [-0.05, 0) is 27.2 Å². The standard InChI is InChI=1S/C10H20N2O2/c1-7(2)12-8(3)6-11-10(14)9(12)4-5-13/h7-9,13H,4-6H2,1-3H3,(H,11,14). The van der Waals surface area contributed by atoms with Crippen molar-refractivity contribution in [2.45, 2.75) is 45.3 Å². The van der Waals surface area contributed by atoms with Crippen molar-refractivity contribution >= 4 is 5.91 Å². The minimum absolute atomic E-state index is 0.0471. The number of amides is 1. The SMILES string of the molecule is CC(C)N1C(C)CNC(=O)C1CCO. The molecule has 0 spiro atoms. The van der Waals surface area contributed by atoms with Crippen LogP contribution in [0.2, 0.25) is 0 Å². The van der Waals surface area contributed by atoms with Gasteiger partial charge < -0.3 is 10.4 Å². The fourth-order valence-corrected chi connectivity index (χ4v) is 2.19. The van der Waals surface area contributed by atoms with Crippen molar-refractivity contribution < 1.29 is 9.90 Å². The molecule has 2 unspecified atom stereocenters. The molecule has 4 heteroatoms. The van der Waals surface area contributed by atoms with E-state index >= 15 is 0 Å². The maximum atomic E-state index is 11.6. The van der Waals surface area contributed by atoms with Crippen LogP contribution in [0.15, 0.2) is 0 Å². The first kappa shape index (κ1) is 11.5. The highest BCUT2D eigenvalue weighted by Gasteiger charge is 2.34. The van der Waals surface area contributed by atoms with Gasteiger partial charge in [0.05, 0.1) is 6.04 Å². The Morgan fingerprint density at radius 2 is 2.29 bits per heavy atom. The zero-order valence-corrected chi connectivity index (χ0v) is 9.16. The van der Waals surface area contributed by atoms with E-state index in [1.165, 1.54) is 0 Å². The van der Waals surface area contributed by atoms with E-state index in [4.69, 9.17) is 5.11 Å². The van der Waals surface area contributed by atoms with Crippen LogP contribution in [0.1, 0.15) is 27.2 Å². The molecule has 0 aromatic heterocycles. The smallest absolute Gasteiger partial charge is 0.237 e. The summed E-state index contributed by atoms with van der Waals surface area (Å²) in [5, 5.41) is 11.8. The lowest BCUT2D eigenvalue weighted by atomic mass is 10.0. The summed E-state index contributed by atoms with van der Waals surface area (Å²) in [6.45, 7) is 7.04. The summed E-state index contributed by atoms with van der Waals surface area (Å²) in [7, 11) is 0. The van der Waals surface area contributed by atoms with Gasteiger partial charge >= 0.3 is 0 Å². The normalized spacial score (nSPS) is 29.4. The van der Waals surface area contributed by atoms with Gasteiger partial charge in [0.2, 0.25) is 5.91 Å². The lowest BCUT2D eigenvalue weighted by molar-refractivity contribution is -0.132. The van der Waals surface area contributed by atoms with Gasteiger partial charge in [-0.2, -0.15) is 0 Å². The zero-order chi connectivity index (χ0) is 10.7. The van der Waals surface area contributed by atoms with E-state index in [-0.39, 0.29) is 18.6 Å². The third-order valence-corrected chi connectivity index (χ3v) is 2.74. The molecule has 1 saturated heterocycles. The number of aliphatic hydroxyl groups is 1. The maximum Gasteiger partial charge on any atom is 0.237 e. The van der Waals surface area contributed by atoms with Crippen LogP contribution in [-0.4, -0.2) is 47.2 Å². The monoisotopic (exact) mass is 200 g/mol. The van der Waals surface area contributed by atoms with Crippen molar-refractivity contribution in [3.8, 4) is 0 Å². The number of hydrogen-bond donors (Lipinski definition) is 2. The van der Waals surface area contributed by atoms with Crippen LogP contribution < -0.4 is 5.32 Å². The fraction of sp³-hybridized carbons (Fsp3) is 0.900. The molecule has 2 N–H and O–H groups in total. The molecular weight excluding hydrogens is 180 g/mol. The summed E-state index contributed by atoms with van der Waals surface area (Å²) in [5.74, 6) is 0.0471. The van der Waals surface area contributed by atoms with Crippen LogP contribution in [0.5, 0.6) is 0 Å². The first-order valence-corrected chi connectivity index (χ1v) is 5.24. The molecule has 0 aromatic rings. The molecule has 2 atom stereocenters. The second-order valence-corrected chi connectivity index (χ2v) is 4.16. The highest BCUT2D eigenvalue weighted by atomic mass is 16.3. The second kappa shape index (κ2) is 4.75. The van der Waals surface area contributed by atoms with Crippen LogP contribution in [0.3, 0.4) is 0 Å². The molecule has 1 amide bonds. The molecule has 1 aliphatic rings. The topological polar surface area (TPSA) is 52.6 Å². The van der Waals surface area contributed by atoms with E-state index in [9.17, 15) is 4.79 Å². The van der Waals surface area contributed by atoms with Crippen LogP contribution in [0.4, 0.5) is 0 Å². The molecular formula is C10H20N2O2. The highest BCUT2D eigenvalue weighted by molar-refractivity contribution is 5.82. The van der Waals surface area contributed by atoms with E-state index in [1.54, 1.807) is 0 Å². The number of rotatable bonds is 3. The summed E-state index contributed by atoms with van der Waals surface area (Å²) >= 11 is 0. The third kappa shape index (κ3) is 2.25. The van der Waals surface area contributed by atoms with E-state index in [1.807, 2.05) is 0 Å². The maximum absolute atomic E-state index is 11.6. The molecule has 1 aliphatic heterocycles. The summed E-state index contributed by atoms with van der Waals surface area (Å²) < 4.78 is 0. The molecule has 14 heavy (non-hydrogen) atoms. The summed E-state index contributed by atoms with van der Waals surface area (Å²) in [6, 6.07) is 0.528. The predicted octanol–water partition coefficient (Wildman–Crippen LogP) is -0.0339.